The molecule has 0 saturated carbocycles. The first-order valence-corrected chi connectivity index (χ1v) is 10.7. The Bertz CT molecular complexity index is 786. The van der Waals surface area contributed by atoms with Crippen molar-refractivity contribution in [1.82, 2.24) is 0 Å². The molecule has 0 bridgehead atoms. The Kier molecular flexibility index (Phi) is 7.51. The van der Waals surface area contributed by atoms with Crippen molar-refractivity contribution in [3.63, 3.8) is 0 Å². The molecule has 3 heteroatoms. The van der Waals surface area contributed by atoms with Crippen LogP contribution in [0.2, 0.25) is 0 Å². The number of ether oxygens (including phenoxy) is 2. The molecule has 0 radical (unpaired) electrons. The van der Waals surface area contributed by atoms with Gasteiger partial charge in [-0.15, -0.1) is 0 Å². The fourth-order valence-electron chi connectivity index (χ4n) is 3.44. The quantitative estimate of drug-likeness (QED) is 0.431. The van der Waals surface area contributed by atoms with Gasteiger partial charge in [0.2, 0.25) is 0 Å². The molecule has 0 aromatic heterocycles. The summed E-state index contributed by atoms with van der Waals surface area (Å²) in [5, 5.41) is 0. The van der Waals surface area contributed by atoms with Crippen molar-refractivity contribution < 1.29 is 14.3 Å². The van der Waals surface area contributed by atoms with E-state index < -0.39 is 0 Å². The van der Waals surface area contributed by atoms with E-state index in [9.17, 15) is 4.79 Å². The fourth-order valence-corrected chi connectivity index (χ4v) is 3.44. The summed E-state index contributed by atoms with van der Waals surface area (Å²) >= 11 is 0. The number of esters is 1. The van der Waals surface area contributed by atoms with Gasteiger partial charge in [0.05, 0.1) is 11.7 Å². The standard InChI is InChI=1S/C26H36O3/c1-8-18-25(4,5)29-23-16-14-22(15-17-23)26(6,7)21-12-10-20(11-13-21)24(27)28-19(3)9-2/h10-17,19H,8-9,18H2,1-7H3. The van der Waals surface area contributed by atoms with Crippen LogP contribution in [0.15, 0.2) is 48.5 Å². The average Bonchev–Trinajstić information content (AvgIpc) is 2.68. The molecular weight excluding hydrogens is 360 g/mol. The van der Waals surface area contributed by atoms with E-state index in [4.69, 9.17) is 9.47 Å². The molecule has 0 amide bonds. The molecule has 1 unspecified atom stereocenters. The maximum absolute atomic E-state index is 12.2. The highest BCUT2D eigenvalue weighted by Crippen LogP contribution is 2.33. The molecule has 2 aromatic rings. The Morgan fingerprint density at radius 3 is 1.90 bits per heavy atom. The second kappa shape index (κ2) is 9.47. The normalized spacial score (nSPS) is 13.1. The summed E-state index contributed by atoms with van der Waals surface area (Å²) in [4.78, 5) is 12.2. The predicted octanol–water partition coefficient (Wildman–Crippen LogP) is 6.93. The van der Waals surface area contributed by atoms with Crippen LogP contribution in [0.3, 0.4) is 0 Å². The van der Waals surface area contributed by atoms with Crippen LogP contribution in [0.4, 0.5) is 0 Å². The molecule has 3 nitrogen and oxygen atoms in total. The van der Waals surface area contributed by atoms with Crippen molar-refractivity contribution in [1.29, 1.82) is 0 Å². The summed E-state index contributed by atoms with van der Waals surface area (Å²) < 4.78 is 11.6. The smallest absolute Gasteiger partial charge is 0.338 e. The second-order valence-corrected chi connectivity index (χ2v) is 8.96. The van der Waals surface area contributed by atoms with Crippen LogP contribution in [0.25, 0.3) is 0 Å². The van der Waals surface area contributed by atoms with Gasteiger partial charge >= 0.3 is 5.97 Å². The SMILES string of the molecule is CCCC(C)(C)Oc1ccc(C(C)(C)c2ccc(C(=O)OC(C)CC)cc2)cc1. The molecule has 0 spiro atoms. The highest BCUT2D eigenvalue weighted by molar-refractivity contribution is 5.89. The molecule has 0 N–H and O–H groups in total. The number of hydrogen-bond acceptors (Lipinski definition) is 3. The summed E-state index contributed by atoms with van der Waals surface area (Å²) in [6.07, 6.45) is 2.86. The maximum Gasteiger partial charge on any atom is 0.338 e. The lowest BCUT2D eigenvalue weighted by molar-refractivity contribution is 0.0334. The number of carbonyl (C=O) groups excluding carboxylic acids is 1. The highest BCUT2D eigenvalue weighted by atomic mass is 16.5. The van der Waals surface area contributed by atoms with E-state index in [0.717, 1.165) is 30.6 Å². The van der Waals surface area contributed by atoms with Crippen molar-refractivity contribution in [3.8, 4) is 5.75 Å². The number of rotatable bonds is 9. The zero-order valence-corrected chi connectivity index (χ0v) is 19.0. The van der Waals surface area contributed by atoms with Gasteiger partial charge in [0.25, 0.3) is 0 Å². The molecule has 0 aliphatic carbocycles. The minimum atomic E-state index is -0.264. The molecule has 1 atom stereocenters. The van der Waals surface area contributed by atoms with Crippen molar-refractivity contribution in [2.24, 2.45) is 0 Å². The lowest BCUT2D eigenvalue weighted by Crippen LogP contribution is -2.27. The first kappa shape index (κ1) is 23.0. The lowest BCUT2D eigenvalue weighted by atomic mass is 9.78. The summed E-state index contributed by atoms with van der Waals surface area (Å²) in [6, 6.07) is 16.1. The Balaban J connectivity index is 2.14. The lowest BCUT2D eigenvalue weighted by Gasteiger charge is -2.28. The zero-order valence-electron chi connectivity index (χ0n) is 19.0. The van der Waals surface area contributed by atoms with Crippen LogP contribution >= 0.6 is 0 Å². The van der Waals surface area contributed by atoms with Gasteiger partial charge in [-0.25, -0.2) is 4.79 Å². The van der Waals surface area contributed by atoms with Gasteiger partial charge in [0.1, 0.15) is 11.4 Å². The third kappa shape index (κ3) is 6.09. The number of hydrogen-bond donors (Lipinski definition) is 0. The van der Waals surface area contributed by atoms with Crippen LogP contribution in [0.1, 0.15) is 89.2 Å². The average molecular weight is 397 g/mol. The minimum absolute atomic E-state index is 0.0679. The molecular formula is C26H36O3. The second-order valence-electron chi connectivity index (χ2n) is 8.96. The number of benzene rings is 2. The van der Waals surface area contributed by atoms with Gasteiger partial charge in [0.15, 0.2) is 0 Å². The molecule has 2 rings (SSSR count). The number of carbonyl (C=O) groups is 1. The molecule has 2 aromatic carbocycles. The summed E-state index contributed by atoms with van der Waals surface area (Å²) in [7, 11) is 0. The van der Waals surface area contributed by atoms with E-state index in [2.05, 4.69) is 46.8 Å². The molecule has 0 saturated heterocycles. The van der Waals surface area contributed by atoms with Crippen molar-refractivity contribution in [2.45, 2.75) is 84.8 Å². The van der Waals surface area contributed by atoms with Crippen LogP contribution in [0.5, 0.6) is 5.75 Å². The summed E-state index contributed by atoms with van der Waals surface area (Å²) in [6.45, 7) is 14.7. The fraction of sp³-hybridized carbons (Fsp3) is 0.500. The third-order valence-electron chi connectivity index (χ3n) is 5.55. The van der Waals surface area contributed by atoms with Crippen LogP contribution in [0, 0.1) is 0 Å². The van der Waals surface area contributed by atoms with E-state index in [1.54, 1.807) is 0 Å². The van der Waals surface area contributed by atoms with E-state index in [-0.39, 0.29) is 23.1 Å². The highest BCUT2D eigenvalue weighted by Gasteiger charge is 2.24. The molecule has 29 heavy (non-hydrogen) atoms. The van der Waals surface area contributed by atoms with E-state index in [0.29, 0.717) is 5.56 Å². The first-order chi connectivity index (χ1) is 13.6. The van der Waals surface area contributed by atoms with Gasteiger partial charge < -0.3 is 9.47 Å². The van der Waals surface area contributed by atoms with Crippen LogP contribution < -0.4 is 4.74 Å². The molecule has 0 aliphatic rings. The summed E-state index contributed by atoms with van der Waals surface area (Å²) in [5.74, 6) is 0.631. The molecule has 0 fully saturated rings. The van der Waals surface area contributed by atoms with Crippen molar-refractivity contribution in [2.75, 3.05) is 0 Å². The molecule has 0 heterocycles. The Morgan fingerprint density at radius 1 is 0.897 bits per heavy atom. The topological polar surface area (TPSA) is 35.5 Å². The van der Waals surface area contributed by atoms with Gasteiger partial charge in [-0.3, -0.25) is 0 Å². The summed E-state index contributed by atoms with van der Waals surface area (Å²) in [5.41, 5.74) is 2.60. The first-order valence-electron chi connectivity index (χ1n) is 10.7. The van der Waals surface area contributed by atoms with Crippen LogP contribution in [-0.2, 0) is 10.2 Å². The van der Waals surface area contributed by atoms with Crippen molar-refractivity contribution >= 4 is 5.97 Å². The minimum Gasteiger partial charge on any atom is -0.488 e. The largest absolute Gasteiger partial charge is 0.488 e. The Morgan fingerprint density at radius 2 is 1.41 bits per heavy atom. The van der Waals surface area contributed by atoms with Crippen molar-refractivity contribution in [3.05, 3.63) is 65.2 Å². The maximum atomic E-state index is 12.2. The zero-order chi connectivity index (χ0) is 21.7. The van der Waals surface area contributed by atoms with Gasteiger partial charge in [-0.05, 0) is 69.0 Å². The van der Waals surface area contributed by atoms with Gasteiger partial charge in [-0.1, -0.05) is 58.4 Å². The third-order valence-corrected chi connectivity index (χ3v) is 5.55. The van der Waals surface area contributed by atoms with Crippen LogP contribution in [-0.4, -0.2) is 17.7 Å². The predicted molar refractivity (Wildman–Crippen MR) is 120 cm³/mol. The Labute approximate surface area is 176 Å². The van der Waals surface area contributed by atoms with Gasteiger partial charge in [0, 0.05) is 5.41 Å². The molecule has 158 valence electrons. The van der Waals surface area contributed by atoms with Gasteiger partial charge in [-0.2, -0.15) is 0 Å². The monoisotopic (exact) mass is 396 g/mol. The van der Waals surface area contributed by atoms with E-state index >= 15 is 0 Å². The van der Waals surface area contributed by atoms with E-state index in [1.807, 2.05) is 50.2 Å². The van der Waals surface area contributed by atoms with E-state index in [1.165, 1.54) is 5.56 Å². The Hall–Kier alpha value is -2.29. The molecule has 0 aliphatic heterocycles.